The summed E-state index contributed by atoms with van der Waals surface area (Å²) in [6.07, 6.45) is 1.77. The van der Waals surface area contributed by atoms with E-state index < -0.39 is 17.2 Å². The first kappa shape index (κ1) is 16.4. The second-order valence-electron chi connectivity index (χ2n) is 3.72. The van der Waals surface area contributed by atoms with E-state index in [1.54, 1.807) is 12.1 Å². The molecule has 8 heteroatoms. The lowest BCUT2D eigenvalue weighted by molar-refractivity contribution is -0.143. The smallest absolute Gasteiger partial charge is 0.307 e. The zero-order valence-electron chi connectivity index (χ0n) is 10.5. The normalized spacial score (nSPS) is 12.2. The maximum absolute atomic E-state index is 11.4. The third-order valence-electron chi connectivity index (χ3n) is 2.26. The van der Waals surface area contributed by atoms with Gasteiger partial charge in [-0.05, 0) is 18.6 Å². The Balaban J connectivity index is 2.47. The number of nitrogens with zero attached hydrogens (tertiary/aromatic N) is 1. The first-order chi connectivity index (χ1) is 9.04. The molecule has 0 saturated heterocycles. The summed E-state index contributed by atoms with van der Waals surface area (Å²) in [6.45, 7) is 2.43. The summed E-state index contributed by atoms with van der Waals surface area (Å²) in [5, 5.41) is 0.486. The molecule has 19 heavy (non-hydrogen) atoms. The van der Waals surface area contributed by atoms with Crippen LogP contribution in [0.3, 0.4) is 0 Å². The van der Waals surface area contributed by atoms with Crippen LogP contribution in [0.1, 0.15) is 26.2 Å². The molecule has 0 aliphatic rings. The minimum absolute atomic E-state index is 0.0210. The van der Waals surface area contributed by atoms with Crippen LogP contribution >= 0.6 is 22.9 Å². The number of hydrogen-bond acceptors (Lipinski definition) is 5. The molecule has 0 amide bonds. The zero-order valence-corrected chi connectivity index (χ0v) is 12.9. The van der Waals surface area contributed by atoms with Crippen LogP contribution in [-0.2, 0) is 20.8 Å². The van der Waals surface area contributed by atoms with Crippen molar-refractivity contribution >= 4 is 45.2 Å². The number of carbonyl (C=O) groups excluding carboxylic acids is 1. The van der Waals surface area contributed by atoms with Gasteiger partial charge in [0.25, 0.3) is 0 Å². The van der Waals surface area contributed by atoms with Crippen LogP contribution in [0.4, 0.5) is 5.00 Å². The Labute approximate surface area is 123 Å². The molecule has 0 fully saturated rings. The van der Waals surface area contributed by atoms with Gasteiger partial charge >= 0.3 is 5.97 Å². The van der Waals surface area contributed by atoms with Crippen molar-refractivity contribution in [2.45, 2.75) is 26.2 Å². The molecule has 1 heterocycles. The predicted molar refractivity (Wildman–Crippen MR) is 76.1 cm³/mol. The summed E-state index contributed by atoms with van der Waals surface area (Å²) in [5.74, 6) is -0.397. The molecule has 1 unspecified atom stereocenters. The van der Waals surface area contributed by atoms with Gasteiger partial charge in [0, 0.05) is 17.8 Å². The van der Waals surface area contributed by atoms with Crippen molar-refractivity contribution < 1.29 is 18.3 Å². The second kappa shape index (κ2) is 8.52. The van der Waals surface area contributed by atoms with E-state index in [-0.39, 0.29) is 13.0 Å². The molecular formula is C11H15ClNO4S2-. The van der Waals surface area contributed by atoms with Crippen molar-refractivity contribution in [3.05, 3.63) is 16.5 Å². The van der Waals surface area contributed by atoms with E-state index in [0.717, 1.165) is 28.5 Å². The van der Waals surface area contributed by atoms with E-state index in [9.17, 15) is 13.6 Å². The van der Waals surface area contributed by atoms with Crippen LogP contribution in [0.15, 0.2) is 12.1 Å². The fourth-order valence-corrected chi connectivity index (χ4v) is 3.00. The van der Waals surface area contributed by atoms with E-state index in [1.807, 2.05) is 6.92 Å². The minimum atomic E-state index is -2.44. The van der Waals surface area contributed by atoms with Crippen molar-refractivity contribution in [1.29, 1.82) is 0 Å². The van der Waals surface area contributed by atoms with Gasteiger partial charge in [-0.2, -0.15) is 0 Å². The maximum atomic E-state index is 11.4. The fourth-order valence-electron chi connectivity index (χ4n) is 1.29. The highest BCUT2D eigenvalue weighted by atomic mass is 35.5. The predicted octanol–water partition coefficient (Wildman–Crippen LogP) is 2.74. The summed E-state index contributed by atoms with van der Waals surface area (Å²) < 4.78 is 28.8. The molecular weight excluding hydrogens is 310 g/mol. The number of esters is 1. The topological polar surface area (TPSA) is 69.7 Å². The zero-order chi connectivity index (χ0) is 14.3. The first-order valence-electron chi connectivity index (χ1n) is 5.82. The van der Waals surface area contributed by atoms with Gasteiger partial charge in [0.05, 0.1) is 17.4 Å². The third kappa shape index (κ3) is 5.90. The monoisotopic (exact) mass is 324 g/mol. The number of unbranched alkanes of at least 4 members (excludes halogenated alkanes) is 1. The molecule has 0 bridgehead atoms. The minimum Gasteiger partial charge on any atom is -0.755 e. The third-order valence-corrected chi connectivity index (χ3v) is 4.37. The lowest BCUT2D eigenvalue weighted by atomic mass is 10.3. The van der Waals surface area contributed by atoms with Crippen LogP contribution in [0, 0.1) is 0 Å². The highest BCUT2D eigenvalue weighted by Crippen LogP contribution is 2.30. The molecule has 0 aliphatic carbocycles. The number of carbonyl (C=O) groups is 1. The van der Waals surface area contributed by atoms with E-state index in [2.05, 4.69) is 0 Å². The summed E-state index contributed by atoms with van der Waals surface area (Å²) >= 11 is 4.46. The van der Waals surface area contributed by atoms with E-state index in [4.69, 9.17) is 16.3 Å². The van der Waals surface area contributed by atoms with E-state index >= 15 is 0 Å². The first-order valence-corrected chi connectivity index (χ1v) is 8.05. The Morgan fingerprint density at radius 2 is 2.32 bits per heavy atom. The molecule has 0 saturated carbocycles. The Hall–Kier alpha value is -0.630. The van der Waals surface area contributed by atoms with E-state index in [1.165, 1.54) is 0 Å². The van der Waals surface area contributed by atoms with Crippen LogP contribution in [0.25, 0.3) is 0 Å². The number of halogens is 1. The van der Waals surface area contributed by atoms with Crippen LogP contribution in [0.2, 0.25) is 4.34 Å². The number of anilines is 1. The Bertz CT molecular complexity index is 438. The van der Waals surface area contributed by atoms with Gasteiger partial charge in [-0.1, -0.05) is 24.9 Å². The average Bonchev–Trinajstić information content (AvgIpc) is 2.76. The second-order valence-corrected chi connectivity index (χ2v) is 6.29. The van der Waals surface area contributed by atoms with Gasteiger partial charge in [-0.25, -0.2) is 0 Å². The highest BCUT2D eigenvalue weighted by molar-refractivity contribution is 7.81. The number of ether oxygens (including phenoxy) is 1. The van der Waals surface area contributed by atoms with Gasteiger partial charge in [0.2, 0.25) is 0 Å². The van der Waals surface area contributed by atoms with Gasteiger partial charge < -0.3 is 9.29 Å². The van der Waals surface area contributed by atoms with E-state index in [0.29, 0.717) is 15.9 Å². The molecule has 0 radical (unpaired) electrons. The van der Waals surface area contributed by atoms with Crippen molar-refractivity contribution in [3.63, 3.8) is 0 Å². The Morgan fingerprint density at radius 3 is 2.84 bits per heavy atom. The highest BCUT2D eigenvalue weighted by Gasteiger charge is 2.12. The van der Waals surface area contributed by atoms with Crippen LogP contribution in [0.5, 0.6) is 0 Å². The molecule has 0 spiro atoms. The van der Waals surface area contributed by atoms with Gasteiger partial charge in [-0.3, -0.25) is 13.3 Å². The van der Waals surface area contributed by atoms with Crippen molar-refractivity contribution in [2.75, 3.05) is 17.5 Å². The molecule has 0 aromatic carbocycles. The van der Waals surface area contributed by atoms with Crippen LogP contribution in [-0.4, -0.2) is 27.9 Å². The van der Waals surface area contributed by atoms with Gasteiger partial charge in [-0.15, -0.1) is 11.3 Å². The van der Waals surface area contributed by atoms with Crippen molar-refractivity contribution in [2.24, 2.45) is 0 Å². The molecule has 1 aromatic rings. The Kier molecular flexibility index (Phi) is 7.37. The summed E-state index contributed by atoms with van der Waals surface area (Å²) in [7, 11) is 0. The number of rotatable bonds is 8. The van der Waals surface area contributed by atoms with Gasteiger partial charge in [0.15, 0.2) is 0 Å². The summed E-state index contributed by atoms with van der Waals surface area (Å²) in [4.78, 5) is 11.4. The maximum Gasteiger partial charge on any atom is 0.307 e. The molecule has 1 aromatic heterocycles. The molecule has 5 nitrogen and oxygen atoms in total. The molecule has 108 valence electrons. The van der Waals surface area contributed by atoms with Crippen LogP contribution < -0.4 is 4.31 Å². The average molecular weight is 325 g/mol. The lowest BCUT2D eigenvalue weighted by Gasteiger charge is -2.24. The van der Waals surface area contributed by atoms with Crippen molar-refractivity contribution in [3.8, 4) is 0 Å². The fraction of sp³-hybridized carbons (Fsp3) is 0.545. The molecule has 1 atom stereocenters. The number of thiophene rings is 1. The molecule has 1 rings (SSSR count). The largest absolute Gasteiger partial charge is 0.755 e. The Morgan fingerprint density at radius 1 is 1.58 bits per heavy atom. The van der Waals surface area contributed by atoms with Crippen molar-refractivity contribution in [1.82, 2.24) is 0 Å². The number of hydrogen-bond donors (Lipinski definition) is 0. The SMILES string of the molecule is CCCCOC(=O)CCN(c1ccc(Cl)s1)S(=O)[O-]. The summed E-state index contributed by atoms with van der Waals surface area (Å²) in [5.41, 5.74) is 0. The quantitative estimate of drug-likeness (QED) is 0.419. The lowest BCUT2D eigenvalue weighted by Crippen LogP contribution is -2.27. The summed E-state index contributed by atoms with van der Waals surface area (Å²) in [6, 6.07) is 3.21. The molecule has 0 aliphatic heterocycles. The standard InChI is InChI=1S/C11H16ClNO4S2/c1-2-3-8-17-11(14)6-7-13(19(15)16)10-5-4-9(12)18-10/h4-5H,2-3,6-8H2,1H3,(H,15,16)/p-1. The van der Waals surface area contributed by atoms with Gasteiger partial charge in [0.1, 0.15) is 5.00 Å². The molecule has 0 N–H and O–H groups in total.